The molecule has 0 aliphatic carbocycles. The normalized spacial score (nSPS) is 15.0. The zero-order chi connectivity index (χ0) is 22.1. The smallest absolute Gasteiger partial charge is 0.191 e. The van der Waals surface area contributed by atoms with E-state index < -0.39 is 0 Å². The Hall–Kier alpha value is -3.00. The van der Waals surface area contributed by atoms with Crippen LogP contribution in [0.2, 0.25) is 0 Å². The number of anilines is 1. The predicted molar refractivity (Wildman–Crippen MR) is 125 cm³/mol. The molecule has 2 aromatic rings. The second kappa shape index (κ2) is 11.4. The lowest BCUT2D eigenvalue weighted by atomic mass is 10.2. The Bertz CT molecular complexity index is 865. The Morgan fingerprint density at radius 3 is 2.26 bits per heavy atom. The number of aromatic nitrogens is 1. The van der Waals surface area contributed by atoms with Crippen LogP contribution in [0.25, 0.3) is 0 Å². The molecule has 2 heterocycles. The van der Waals surface area contributed by atoms with Gasteiger partial charge in [-0.15, -0.1) is 0 Å². The maximum atomic E-state index is 5.38. The summed E-state index contributed by atoms with van der Waals surface area (Å²) >= 11 is 0. The summed E-state index contributed by atoms with van der Waals surface area (Å²) in [5.74, 6) is 3.22. The summed E-state index contributed by atoms with van der Waals surface area (Å²) in [6.45, 7) is 8.85. The van der Waals surface area contributed by atoms with E-state index in [-0.39, 0.29) is 0 Å². The number of nitrogens with zero attached hydrogens (tertiary/aromatic N) is 4. The van der Waals surface area contributed by atoms with Gasteiger partial charge in [0.2, 0.25) is 0 Å². The predicted octanol–water partition coefficient (Wildman–Crippen LogP) is 2.11. The Morgan fingerprint density at radius 2 is 1.65 bits per heavy atom. The van der Waals surface area contributed by atoms with E-state index >= 15 is 0 Å². The van der Waals surface area contributed by atoms with E-state index in [1.54, 1.807) is 21.3 Å². The van der Waals surface area contributed by atoms with Crippen LogP contribution < -0.4 is 25.0 Å². The fourth-order valence-corrected chi connectivity index (χ4v) is 3.62. The number of benzene rings is 1. The van der Waals surface area contributed by atoms with Gasteiger partial charge in [-0.3, -0.25) is 4.99 Å². The van der Waals surface area contributed by atoms with E-state index in [0.29, 0.717) is 18.8 Å². The molecule has 2 N–H and O–H groups in total. The zero-order valence-corrected chi connectivity index (χ0v) is 19.0. The van der Waals surface area contributed by atoms with Gasteiger partial charge >= 0.3 is 0 Å². The molecule has 8 nitrogen and oxygen atoms in total. The molecular weight excluding hydrogens is 392 g/mol. The number of guanidine groups is 1. The number of methoxy groups -OCH3 is 2. The van der Waals surface area contributed by atoms with Gasteiger partial charge in [-0.2, -0.15) is 0 Å². The van der Waals surface area contributed by atoms with Crippen molar-refractivity contribution in [1.29, 1.82) is 0 Å². The molecule has 1 aliphatic rings. The highest BCUT2D eigenvalue weighted by Crippen LogP contribution is 2.27. The van der Waals surface area contributed by atoms with E-state index in [1.165, 1.54) is 5.56 Å². The van der Waals surface area contributed by atoms with Gasteiger partial charge in [-0.1, -0.05) is 13.0 Å². The monoisotopic (exact) mass is 426 g/mol. The van der Waals surface area contributed by atoms with Gasteiger partial charge in [0.25, 0.3) is 0 Å². The van der Waals surface area contributed by atoms with E-state index in [9.17, 15) is 0 Å². The summed E-state index contributed by atoms with van der Waals surface area (Å²) in [5, 5.41) is 6.73. The molecule has 0 spiro atoms. The molecule has 0 amide bonds. The Balaban J connectivity index is 1.53. The summed E-state index contributed by atoms with van der Waals surface area (Å²) in [5.41, 5.74) is 2.26. The average Bonchev–Trinajstić information content (AvgIpc) is 2.84. The first-order valence-corrected chi connectivity index (χ1v) is 10.7. The van der Waals surface area contributed by atoms with Crippen LogP contribution in [0.3, 0.4) is 0 Å². The minimum absolute atomic E-state index is 0.628. The van der Waals surface area contributed by atoms with Crippen LogP contribution in [0.5, 0.6) is 11.5 Å². The molecule has 0 saturated carbocycles. The molecule has 0 radical (unpaired) electrons. The largest absolute Gasteiger partial charge is 0.493 e. The zero-order valence-electron chi connectivity index (χ0n) is 19.0. The Labute approximate surface area is 185 Å². The summed E-state index contributed by atoms with van der Waals surface area (Å²) < 4.78 is 10.7. The van der Waals surface area contributed by atoms with Crippen LogP contribution in [0, 0.1) is 0 Å². The van der Waals surface area contributed by atoms with Crippen molar-refractivity contribution < 1.29 is 9.47 Å². The van der Waals surface area contributed by atoms with Crippen LogP contribution in [-0.2, 0) is 13.1 Å². The highest BCUT2D eigenvalue weighted by atomic mass is 16.5. The van der Waals surface area contributed by atoms with Gasteiger partial charge < -0.3 is 29.9 Å². The van der Waals surface area contributed by atoms with Gasteiger partial charge in [-0.25, -0.2) is 4.98 Å². The topological polar surface area (TPSA) is 74.2 Å². The third-order valence-corrected chi connectivity index (χ3v) is 5.54. The van der Waals surface area contributed by atoms with Gasteiger partial charge in [-0.05, 0) is 41.9 Å². The van der Waals surface area contributed by atoms with Crippen molar-refractivity contribution in [2.24, 2.45) is 4.99 Å². The highest BCUT2D eigenvalue weighted by Gasteiger charge is 2.16. The molecule has 0 bridgehead atoms. The Morgan fingerprint density at radius 1 is 0.968 bits per heavy atom. The van der Waals surface area contributed by atoms with E-state index in [4.69, 9.17) is 9.47 Å². The minimum Gasteiger partial charge on any atom is -0.493 e. The van der Waals surface area contributed by atoms with Crippen molar-refractivity contribution in [3.05, 3.63) is 47.7 Å². The molecule has 8 heteroatoms. The molecule has 3 rings (SSSR count). The molecule has 168 valence electrons. The van der Waals surface area contributed by atoms with Crippen LogP contribution in [0.15, 0.2) is 41.5 Å². The van der Waals surface area contributed by atoms with Crippen LogP contribution in [0.1, 0.15) is 18.1 Å². The second-order valence-corrected chi connectivity index (χ2v) is 7.41. The molecule has 1 aliphatic heterocycles. The highest BCUT2D eigenvalue weighted by molar-refractivity contribution is 5.79. The van der Waals surface area contributed by atoms with E-state index in [0.717, 1.165) is 55.8 Å². The van der Waals surface area contributed by atoms with E-state index in [1.807, 2.05) is 30.5 Å². The van der Waals surface area contributed by atoms with Crippen molar-refractivity contribution in [2.75, 3.05) is 58.9 Å². The maximum absolute atomic E-state index is 5.38. The first kappa shape index (κ1) is 22.7. The lowest BCUT2D eigenvalue weighted by Crippen LogP contribution is -2.46. The molecule has 0 atom stereocenters. The first-order chi connectivity index (χ1) is 15.2. The maximum Gasteiger partial charge on any atom is 0.191 e. The average molecular weight is 427 g/mol. The van der Waals surface area contributed by atoms with Crippen molar-refractivity contribution in [2.45, 2.75) is 20.0 Å². The molecule has 1 fully saturated rings. The standard InChI is InChI=1S/C23H34N6O2/c1-5-28-10-12-29(13-11-28)22-15-19(8-9-25-22)17-27-23(24-2)26-16-18-6-7-20(30-3)21(14-18)31-4/h6-9,14-15H,5,10-13,16-17H2,1-4H3,(H2,24,26,27). The number of hydrogen-bond donors (Lipinski definition) is 2. The lowest BCUT2D eigenvalue weighted by Gasteiger charge is -2.34. The second-order valence-electron chi connectivity index (χ2n) is 7.41. The number of likely N-dealkylation sites (N-methyl/N-ethyl adjacent to an activating group) is 1. The molecule has 1 saturated heterocycles. The summed E-state index contributed by atoms with van der Waals surface area (Å²) in [7, 11) is 5.05. The molecule has 0 unspecified atom stereocenters. The summed E-state index contributed by atoms with van der Waals surface area (Å²) in [6.07, 6.45) is 1.89. The van der Waals surface area contributed by atoms with Crippen molar-refractivity contribution >= 4 is 11.8 Å². The molecule has 1 aromatic carbocycles. The lowest BCUT2D eigenvalue weighted by molar-refractivity contribution is 0.270. The number of aliphatic imine (C=N–C) groups is 1. The third kappa shape index (κ3) is 6.24. The number of ether oxygens (including phenoxy) is 2. The van der Waals surface area contributed by atoms with Crippen molar-refractivity contribution in [3.8, 4) is 11.5 Å². The molecular formula is C23H34N6O2. The molecule has 31 heavy (non-hydrogen) atoms. The van der Waals surface area contributed by atoms with Gasteiger partial charge in [0, 0.05) is 52.5 Å². The van der Waals surface area contributed by atoms with Crippen molar-refractivity contribution in [1.82, 2.24) is 20.5 Å². The van der Waals surface area contributed by atoms with Crippen LogP contribution in [-0.4, -0.2) is 69.8 Å². The number of pyridine rings is 1. The van der Waals surface area contributed by atoms with Crippen molar-refractivity contribution in [3.63, 3.8) is 0 Å². The third-order valence-electron chi connectivity index (χ3n) is 5.54. The first-order valence-electron chi connectivity index (χ1n) is 10.7. The summed E-state index contributed by atoms with van der Waals surface area (Å²) in [6, 6.07) is 10.1. The van der Waals surface area contributed by atoms with Gasteiger partial charge in [0.15, 0.2) is 17.5 Å². The number of piperazine rings is 1. The number of rotatable bonds is 8. The van der Waals surface area contributed by atoms with Gasteiger partial charge in [0.05, 0.1) is 14.2 Å². The molecule has 1 aromatic heterocycles. The SMILES string of the molecule is CCN1CCN(c2cc(CNC(=NC)NCc3ccc(OC)c(OC)c3)ccn2)CC1. The quantitative estimate of drug-likeness (QED) is 0.495. The van der Waals surface area contributed by atoms with Crippen LogP contribution >= 0.6 is 0 Å². The number of hydrogen-bond acceptors (Lipinski definition) is 6. The fourth-order valence-electron chi connectivity index (χ4n) is 3.62. The summed E-state index contributed by atoms with van der Waals surface area (Å²) in [4.78, 5) is 13.7. The van der Waals surface area contributed by atoms with Crippen LogP contribution in [0.4, 0.5) is 5.82 Å². The van der Waals surface area contributed by atoms with Gasteiger partial charge in [0.1, 0.15) is 5.82 Å². The van der Waals surface area contributed by atoms with E-state index in [2.05, 4.69) is 43.4 Å². The fraction of sp³-hybridized carbons (Fsp3) is 0.478. The number of nitrogens with one attached hydrogen (secondary N) is 2. The minimum atomic E-state index is 0.628. The Kier molecular flexibility index (Phi) is 8.35.